The van der Waals surface area contributed by atoms with Gasteiger partial charge >= 0.3 is 0 Å². The first-order valence-electron chi connectivity index (χ1n) is 6.02. The van der Waals surface area contributed by atoms with Gasteiger partial charge < -0.3 is 4.42 Å². The minimum Gasteiger partial charge on any atom is -0.419 e. The number of benzene rings is 2. The van der Waals surface area contributed by atoms with Crippen LogP contribution in [0, 0.1) is 3.57 Å². The molecule has 20 heavy (non-hydrogen) atoms. The summed E-state index contributed by atoms with van der Waals surface area (Å²) in [7, 11) is 0. The fraction of sp³-hybridized carbons (Fsp3) is 0.0667. The molecule has 0 spiro atoms. The average molecular weight is 397 g/mol. The van der Waals surface area contributed by atoms with E-state index in [1.807, 2.05) is 54.6 Å². The summed E-state index contributed by atoms with van der Waals surface area (Å²) >= 11 is 8.61. The molecule has 3 rings (SSSR count). The third-order valence-electron chi connectivity index (χ3n) is 2.84. The zero-order valence-corrected chi connectivity index (χ0v) is 13.2. The van der Waals surface area contributed by atoms with Gasteiger partial charge in [0.15, 0.2) is 0 Å². The summed E-state index contributed by atoms with van der Waals surface area (Å²) in [6.45, 7) is 0. The highest BCUT2D eigenvalue weighted by molar-refractivity contribution is 14.1. The maximum Gasteiger partial charge on any atom is 0.247 e. The summed E-state index contributed by atoms with van der Waals surface area (Å²) in [5.74, 6) is 0.893. The summed E-state index contributed by atoms with van der Waals surface area (Å²) in [6, 6.07) is 17.6. The van der Waals surface area contributed by atoms with Gasteiger partial charge in [-0.05, 0) is 52.4 Å². The number of alkyl halides is 1. The van der Waals surface area contributed by atoms with Gasteiger partial charge in [0.1, 0.15) is 5.38 Å². The SMILES string of the molecule is ClC(c1ccccc1)c1nnc(-c2ccc(I)cc2)o1. The fourth-order valence-electron chi connectivity index (χ4n) is 1.81. The zero-order chi connectivity index (χ0) is 13.9. The molecule has 1 atom stereocenters. The molecule has 0 amide bonds. The minimum atomic E-state index is -0.429. The molecule has 0 aliphatic carbocycles. The lowest BCUT2D eigenvalue weighted by atomic mass is 10.1. The van der Waals surface area contributed by atoms with Crippen LogP contribution in [0.3, 0.4) is 0 Å². The van der Waals surface area contributed by atoms with Crippen molar-refractivity contribution in [2.45, 2.75) is 5.38 Å². The van der Waals surface area contributed by atoms with Gasteiger partial charge in [0.2, 0.25) is 11.8 Å². The molecule has 0 saturated carbocycles. The average Bonchev–Trinajstić information content (AvgIpc) is 2.98. The van der Waals surface area contributed by atoms with E-state index in [-0.39, 0.29) is 0 Å². The van der Waals surface area contributed by atoms with Gasteiger partial charge in [-0.15, -0.1) is 21.8 Å². The lowest BCUT2D eigenvalue weighted by molar-refractivity contribution is 0.513. The predicted octanol–water partition coefficient (Wildman–Crippen LogP) is 4.67. The molecule has 100 valence electrons. The van der Waals surface area contributed by atoms with Gasteiger partial charge in [-0.1, -0.05) is 30.3 Å². The van der Waals surface area contributed by atoms with Gasteiger partial charge in [0.05, 0.1) is 0 Å². The normalized spacial score (nSPS) is 12.3. The second-order valence-corrected chi connectivity index (χ2v) is 5.91. The van der Waals surface area contributed by atoms with Crippen LogP contribution in [0.5, 0.6) is 0 Å². The van der Waals surface area contributed by atoms with Crippen molar-refractivity contribution in [1.82, 2.24) is 10.2 Å². The first-order valence-corrected chi connectivity index (χ1v) is 7.54. The highest BCUT2D eigenvalue weighted by Gasteiger charge is 2.18. The van der Waals surface area contributed by atoms with Crippen molar-refractivity contribution in [2.75, 3.05) is 0 Å². The van der Waals surface area contributed by atoms with Crippen LogP contribution in [0.15, 0.2) is 59.0 Å². The Morgan fingerprint density at radius 1 is 0.950 bits per heavy atom. The molecule has 0 radical (unpaired) electrons. The molecular formula is C15H10ClIN2O. The lowest BCUT2D eigenvalue weighted by Crippen LogP contribution is -1.92. The van der Waals surface area contributed by atoms with Crippen molar-refractivity contribution >= 4 is 34.2 Å². The first kappa shape index (κ1) is 13.6. The minimum absolute atomic E-state index is 0.409. The fourth-order valence-corrected chi connectivity index (χ4v) is 2.40. The number of hydrogen-bond donors (Lipinski definition) is 0. The summed E-state index contributed by atoms with van der Waals surface area (Å²) < 4.78 is 6.83. The third-order valence-corrected chi connectivity index (χ3v) is 4.00. The molecule has 0 saturated heterocycles. The molecule has 1 heterocycles. The second-order valence-electron chi connectivity index (χ2n) is 4.23. The highest BCUT2D eigenvalue weighted by atomic mass is 127. The van der Waals surface area contributed by atoms with Crippen molar-refractivity contribution in [3.63, 3.8) is 0 Å². The van der Waals surface area contributed by atoms with Crippen LogP contribution in [-0.2, 0) is 0 Å². The van der Waals surface area contributed by atoms with E-state index in [9.17, 15) is 0 Å². The molecule has 1 unspecified atom stereocenters. The van der Waals surface area contributed by atoms with Crippen LogP contribution in [0.25, 0.3) is 11.5 Å². The Hall–Kier alpha value is -1.40. The number of rotatable bonds is 3. The Bertz CT molecular complexity index is 697. The standard InChI is InChI=1S/C15H10ClIN2O/c16-13(10-4-2-1-3-5-10)15-19-18-14(20-15)11-6-8-12(17)9-7-11/h1-9,13H. The topological polar surface area (TPSA) is 38.9 Å². The van der Waals surface area contributed by atoms with Crippen LogP contribution in [0.1, 0.15) is 16.8 Å². The van der Waals surface area contributed by atoms with Crippen LogP contribution in [0.4, 0.5) is 0 Å². The number of halogens is 2. The molecule has 0 aliphatic heterocycles. The molecule has 0 fully saturated rings. The Labute approximate surface area is 135 Å². The van der Waals surface area contributed by atoms with E-state index >= 15 is 0 Å². The highest BCUT2D eigenvalue weighted by Crippen LogP contribution is 2.29. The smallest absolute Gasteiger partial charge is 0.247 e. The Kier molecular flexibility index (Phi) is 4.03. The van der Waals surface area contributed by atoms with Crippen LogP contribution >= 0.6 is 34.2 Å². The lowest BCUT2D eigenvalue weighted by Gasteiger charge is -2.03. The van der Waals surface area contributed by atoms with E-state index in [1.54, 1.807) is 0 Å². The molecule has 3 aromatic rings. The summed E-state index contributed by atoms with van der Waals surface area (Å²) in [5, 5.41) is 7.67. The molecule has 3 nitrogen and oxygen atoms in total. The molecule has 1 aromatic heterocycles. The Morgan fingerprint density at radius 2 is 1.65 bits per heavy atom. The van der Waals surface area contributed by atoms with Crippen molar-refractivity contribution in [1.29, 1.82) is 0 Å². The van der Waals surface area contributed by atoms with E-state index in [0.717, 1.165) is 14.7 Å². The number of hydrogen-bond acceptors (Lipinski definition) is 3. The maximum absolute atomic E-state index is 6.36. The van der Waals surface area contributed by atoms with Gasteiger partial charge in [-0.25, -0.2) is 0 Å². The van der Waals surface area contributed by atoms with Crippen LogP contribution in [-0.4, -0.2) is 10.2 Å². The van der Waals surface area contributed by atoms with Gasteiger partial charge in [-0.3, -0.25) is 0 Å². The first-order chi connectivity index (χ1) is 9.74. The molecule has 0 aliphatic rings. The monoisotopic (exact) mass is 396 g/mol. The van der Waals surface area contributed by atoms with E-state index in [4.69, 9.17) is 16.0 Å². The Balaban J connectivity index is 1.89. The molecule has 0 N–H and O–H groups in total. The van der Waals surface area contributed by atoms with Gasteiger partial charge in [0, 0.05) is 9.13 Å². The van der Waals surface area contributed by atoms with Crippen molar-refractivity contribution < 1.29 is 4.42 Å². The third kappa shape index (κ3) is 2.86. The largest absolute Gasteiger partial charge is 0.419 e. The summed E-state index contributed by atoms with van der Waals surface area (Å²) in [4.78, 5) is 0. The van der Waals surface area contributed by atoms with Crippen LogP contribution < -0.4 is 0 Å². The number of nitrogens with zero attached hydrogens (tertiary/aromatic N) is 2. The summed E-state index contributed by atoms with van der Waals surface area (Å²) in [5.41, 5.74) is 1.83. The zero-order valence-electron chi connectivity index (χ0n) is 10.3. The quantitative estimate of drug-likeness (QED) is 0.477. The van der Waals surface area contributed by atoms with E-state index in [2.05, 4.69) is 32.8 Å². The van der Waals surface area contributed by atoms with Crippen LogP contribution in [0.2, 0.25) is 0 Å². The molecule has 5 heteroatoms. The van der Waals surface area contributed by atoms with Crippen molar-refractivity contribution in [3.8, 4) is 11.5 Å². The predicted molar refractivity (Wildman–Crippen MR) is 86.6 cm³/mol. The van der Waals surface area contributed by atoms with Gasteiger partial charge in [0.25, 0.3) is 0 Å². The number of aromatic nitrogens is 2. The Morgan fingerprint density at radius 3 is 2.35 bits per heavy atom. The molecule has 2 aromatic carbocycles. The molecular weight excluding hydrogens is 387 g/mol. The van der Waals surface area contributed by atoms with Crippen molar-refractivity contribution in [3.05, 3.63) is 69.6 Å². The maximum atomic E-state index is 6.36. The summed E-state index contributed by atoms with van der Waals surface area (Å²) in [6.07, 6.45) is 0. The van der Waals surface area contributed by atoms with Crippen molar-refractivity contribution in [2.24, 2.45) is 0 Å². The van der Waals surface area contributed by atoms with E-state index < -0.39 is 5.38 Å². The van der Waals surface area contributed by atoms with E-state index in [1.165, 1.54) is 0 Å². The molecule has 0 bridgehead atoms. The van der Waals surface area contributed by atoms with E-state index in [0.29, 0.717) is 11.8 Å². The second kappa shape index (κ2) is 5.93. The van der Waals surface area contributed by atoms with Gasteiger partial charge in [-0.2, -0.15) is 0 Å².